The van der Waals surface area contributed by atoms with Crippen LogP contribution in [0.4, 0.5) is 9.18 Å². The highest BCUT2D eigenvalue weighted by Gasteiger charge is 2.40. The molecule has 7 nitrogen and oxygen atoms in total. The van der Waals surface area contributed by atoms with Gasteiger partial charge in [-0.3, -0.25) is 4.79 Å². The lowest BCUT2D eigenvalue weighted by atomic mass is 9.87. The standard InChI is InChI=1S/C22H23FN2O5/c23-15-7-5-14(6-8-15)20-16-4-2-1-3-13(16)9-10-25(20)21(27)19-11-18(26)17(12-30-19)24-22(28)29/h1-8,17-20,24,26H,9-12H2,(H,28,29)/t17-,18?,19-,20-/m0/s1. The van der Waals surface area contributed by atoms with Crippen molar-refractivity contribution in [2.45, 2.75) is 37.1 Å². The van der Waals surface area contributed by atoms with Gasteiger partial charge in [0.2, 0.25) is 0 Å². The number of carbonyl (C=O) groups is 2. The highest BCUT2D eigenvalue weighted by Crippen LogP contribution is 2.36. The minimum absolute atomic E-state index is 0.00192. The van der Waals surface area contributed by atoms with Gasteiger partial charge >= 0.3 is 6.09 Å². The molecular formula is C22H23FN2O5. The van der Waals surface area contributed by atoms with Crippen LogP contribution in [0.15, 0.2) is 48.5 Å². The van der Waals surface area contributed by atoms with Crippen molar-refractivity contribution >= 4 is 12.0 Å². The molecule has 4 rings (SSSR count). The monoisotopic (exact) mass is 414 g/mol. The fourth-order valence-corrected chi connectivity index (χ4v) is 4.24. The first-order valence-corrected chi connectivity index (χ1v) is 9.87. The molecule has 30 heavy (non-hydrogen) atoms. The van der Waals surface area contributed by atoms with Gasteiger partial charge in [0.1, 0.15) is 11.9 Å². The summed E-state index contributed by atoms with van der Waals surface area (Å²) in [6.07, 6.45) is -2.47. The van der Waals surface area contributed by atoms with Gasteiger partial charge in [-0.2, -0.15) is 0 Å². The Labute approximate surface area is 173 Å². The molecule has 2 aliphatic heterocycles. The molecule has 2 aromatic carbocycles. The van der Waals surface area contributed by atoms with Crippen LogP contribution < -0.4 is 5.32 Å². The zero-order valence-electron chi connectivity index (χ0n) is 16.2. The number of carboxylic acid groups (broad SMARTS) is 1. The van der Waals surface area contributed by atoms with E-state index in [9.17, 15) is 19.1 Å². The first-order chi connectivity index (χ1) is 14.4. The summed E-state index contributed by atoms with van der Waals surface area (Å²) in [5.41, 5.74) is 2.90. The number of aliphatic hydroxyl groups is 1. The summed E-state index contributed by atoms with van der Waals surface area (Å²) < 4.78 is 19.1. The van der Waals surface area contributed by atoms with Crippen molar-refractivity contribution in [1.82, 2.24) is 10.2 Å². The summed E-state index contributed by atoms with van der Waals surface area (Å²) >= 11 is 0. The average Bonchev–Trinajstić information content (AvgIpc) is 2.74. The van der Waals surface area contributed by atoms with Crippen molar-refractivity contribution in [3.63, 3.8) is 0 Å². The maximum Gasteiger partial charge on any atom is 0.405 e. The van der Waals surface area contributed by atoms with Crippen molar-refractivity contribution in [2.75, 3.05) is 13.2 Å². The van der Waals surface area contributed by atoms with Gasteiger partial charge in [-0.1, -0.05) is 36.4 Å². The Morgan fingerprint density at radius 2 is 1.87 bits per heavy atom. The molecule has 1 saturated heterocycles. The SMILES string of the molecule is O=C(O)N[C@H]1CO[C@H](C(=O)N2CCc3ccccc3[C@@H]2c2ccc(F)cc2)CC1O. The molecule has 0 spiro atoms. The molecule has 0 aromatic heterocycles. The quantitative estimate of drug-likeness (QED) is 0.714. The third-order valence-electron chi connectivity index (χ3n) is 5.73. The molecule has 1 unspecified atom stereocenters. The van der Waals surface area contributed by atoms with Crippen LogP contribution in [0.25, 0.3) is 0 Å². The van der Waals surface area contributed by atoms with Gasteiger partial charge in [0.25, 0.3) is 5.91 Å². The smallest absolute Gasteiger partial charge is 0.405 e. The Hall–Kier alpha value is -2.97. The Kier molecular flexibility index (Phi) is 5.69. The number of aliphatic hydroxyl groups excluding tert-OH is 1. The lowest BCUT2D eigenvalue weighted by molar-refractivity contribution is -0.155. The minimum Gasteiger partial charge on any atom is -0.465 e. The third kappa shape index (κ3) is 4.01. The Morgan fingerprint density at radius 1 is 1.13 bits per heavy atom. The molecule has 0 bridgehead atoms. The predicted molar refractivity (Wildman–Crippen MR) is 105 cm³/mol. The topological polar surface area (TPSA) is 99.1 Å². The Bertz CT molecular complexity index is 935. The van der Waals surface area contributed by atoms with Crippen molar-refractivity contribution in [2.24, 2.45) is 0 Å². The zero-order chi connectivity index (χ0) is 21.3. The van der Waals surface area contributed by atoms with Crippen LogP contribution in [0.2, 0.25) is 0 Å². The molecule has 0 aliphatic carbocycles. The second-order valence-electron chi connectivity index (χ2n) is 7.62. The summed E-state index contributed by atoms with van der Waals surface area (Å²) in [4.78, 5) is 25.9. The number of nitrogens with zero attached hydrogens (tertiary/aromatic N) is 1. The number of hydrogen-bond acceptors (Lipinski definition) is 4. The number of hydrogen-bond donors (Lipinski definition) is 3. The fraction of sp³-hybridized carbons (Fsp3) is 0.364. The van der Waals surface area contributed by atoms with E-state index in [4.69, 9.17) is 9.84 Å². The molecule has 3 N–H and O–H groups in total. The Balaban J connectivity index is 1.60. The molecule has 2 amide bonds. The normalized spacial score (nSPS) is 26.0. The predicted octanol–water partition coefficient (Wildman–Crippen LogP) is 2.09. The maximum atomic E-state index is 13.5. The van der Waals surface area contributed by atoms with Crippen LogP contribution in [-0.2, 0) is 16.0 Å². The lowest BCUT2D eigenvalue weighted by Crippen LogP contribution is -2.55. The van der Waals surface area contributed by atoms with Gasteiger partial charge < -0.3 is 25.2 Å². The molecule has 4 atom stereocenters. The Morgan fingerprint density at radius 3 is 2.57 bits per heavy atom. The van der Waals surface area contributed by atoms with Crippen molar-refractivity contribution < 1.29 is 28.9 Å². The number of fused-ring (bicyclic) bond motifs is 1. The van der Waals surface area contributed by atoms with Crippen molar-refractivity contribution in [1.29, 1.82) is 0 Å². The van der Waals surface area contributed by atoms with Crippen molar-refractivity contribution in [3.8, 4) is 0 Å². The summed E-state index contributed by atoms with van der Waals surface area (Å²) in [6, 6.07) is 12.8. The van der Waals surface area contributed by atoms with Crippen LogP contribution in [0.5, 0.6) is 0 Å². The van der Waals surface area contributed by atoms with E-state index in [-0.39, 0.29) is 24.8 Å². The summed E-state index contributed by atoms with van der Waals surface area (Å²) in [5.74, 6) is -0.622. The first kappa shape index (κ1) is 20.3. The highest BCUT2D eigenvalue weighted by atomic mass is 19.1. The van der Waals surface area contributed by atoms with Crippen LogP contribution in [0.3, 0.4) is 0 Å². The summed E-state index contributed by atoms with van der Waals surface area (Å²) in [7, 11) is 0. The number of amides is 2. The number of benzene rings is 2. The van der Waals surface area contributed by atoms with E-state index in [1.165, 1.54) is 12.1 Å². The molecule has 2 heterocycles. The minimum atomic E-state index is -1.25. The van der Waals surface area contributed by atoms with Gasteiger partial charge in [0.15, 0.2) is 0 Å². The van der Waals surface area contributed by atoms with Crippen LogP contribution in [0, 0.1) is 5.82 Å². The molecule has 1 fully saturated rings. The number of rotatable bonds is 3. The van der Waals surface area contributed by atoms with Gasteiger partial charge in [-0.25, -0.2) is 9.18 Å². The van der Waals surface area contributed by atoms with E-state index < -0.39 is 30.4 Å². The van der Waals surface area contributed by atoms with Gasteiger partial charge in [-0.05, 0) is 35.2 Å². The fourth-order valence-electron chi connectivity index (χ4n) is 4.24. The van der Waals surface area contributed by atoms with Crippen LogP contribution in [0.1, 0.15) is 29.2 Å². The van der Waals surface area contributed by atoms with E-state index >= 15 is 0 Å². The number of nitrogens with one attached hydrogen (secondary N) is 1. The number of halogens is 1. The van der Waals surface area contributed by atoms with Crippen LogP contribution >= 0.6 is 0 Å². The zero-order valence-corrected chi connectivity index (χ0v) is 16.2. The molecular weight excluding hydrogens is 391 g/mol. The van der Waals surface area contributed by atoms with E-state index in [1.807, 2.05) is 24.3 Å². The first-order valence-electron chi connectivity index (χ1n) is 9.87. The summed E-state index contributed by atoms with van der Waals surface area (Å²) in [5, 5.41) is 21.3. The summed E-state index contributed by atoms with van der Waals surface area (Å²) in [6.45, 7) is 0.375. The molecule has 8 heteroatoms. The lowest BCUT2D eigenvalue weighted by Gasteiger charge is -2.41. The van der Waals surface area contributed by atoms with E-state index in [0.29, 0.717) is 13.0 Å². The molecule has 2 aromatic rings. The van der Waals surface area contributed by atoms with E-state index in [2.05, 4.69) is 5.32 Å². The van der Waals surface area contributed by atoms with Crippen LogP contribution in [-0.4, -0.2) is 58.5 Å². The second-order valence-corrected chi connectivity index (χ2v) is 7.62. The molecule has 0 radical (unpaired) electrons. The van der Waals surface area contributed by atoms with Crippen molar-refractivity contribution in [3.05, 3.63) is 71.0 Å². The van der Waals surface area contributed by atoms with Gasteiger partial charge in [-0.15, -0.1) is 0 Å². The third-order valence-corrected chi connectivity index (χ3v) is 5.73. The number of carbonyl (C=O) groups excluding carboxylic acids is 1. The number of ether oxygens (including phenoxy) is 1. The largest absolute Gasteiger partial charge is 0.465 e. The van der Waals surface area contributed by atoms with E-state index in [1.54, 1.807) is 17.0 Å². The highest BCUT2D eigenvalue weighted by molar-refractivity contribution is 5.82. The molecule has 0 saturated carbocycles. The average molecular weight is 414 g/mol. The second kappa shape index (κ2) is 8.41. The van der Waals surface area contributed by atoms with Gasteiger partial charge in [0, 0.05) is 13.0 Å². The van der Waals surface area contributed by atoms with Gasteiger partial charge in [0.05, 0.1) is 24.8 Å². The maximum absolute atomic E-state index is 13.5. The molecule has 2 aliphatic rings. The molecule has 158 valence electrons. The van der Waals surface area contributed by atoms with E-state index in [0.717, 1.165) is 16.7 Å².